The van der Waals surface area contributed by atoms with Gasteiger partial charge < -0.3 is 10.2 Å². The molecule has 2 aromatic carbocycles. The van der Waals surface area contributed by atoms with Gasteiger partial charge in [0.25, 0.3) is 0 Å². The normalized spacial score (nSPS) is 19.0. The topological polar surface area (TPSA) is 52.7 Å². The number of rotatable bonds is 5. The van der Waals surface area contributed by atoms with Crippen LogP contribution in [0.2, 0.25) is 5.02 Å². The van der Waals surface area contributed by atoms with Gasteiger partial charge in [-0.05, 0) is 54.5 Å². The lowest BCUT2D eigenvalue weighted by atomic mass is 9.91. The molecule has 0 radical (unpaired) electrons. The Morgan fingerprint density at radius 2 is 1.84 bits per heavy atom. The number of nitrogens with zero attached hydrogens (tertiary/aromatic N) is 2. The Morgan fingerprint density at radius 3 is 2.61 bits per heavy atom. The van der Waals surface area contributed by atoms with E-state index in [-0.39, 0.29) is 29.9 Å². The molecule has 2 amide bonds. The van der Waals surface area contributed by atoms with Crippen molar-refractivity contribution in [1.29, 1.82) is 0 Å². The Morgan fingerprint density at radius 1 is 1.06 bits per heavy atom. The number of hydrogen-bond acceptors (Lipinski definition) is 3. The second-order valence-electron chi connectivity index (χ2n) is 8.22. The number of hydrogen-bond donors (Lipinski definition) is 1. The Labute approximate surface area is 187 Å². The Balaban J connectivity index is 1.47. The van der Waals surface area contributed by atoms with Crippen LogP contribution in [0.15, 0.2) is 42.5 Å². The highest BCUT2D eigenvalue weighted by molar-refractivity contribution is 6.31. The SMILES string of the molecule is O=C(CN1CCc2ccccc2[C@H]1C(=O)N1CCCCC1)NCc1ccc(F)cc1Cl. The molecule has 0 bridgehead atoms. The molecular formula is C24H27ClFN3O2. The summed E-state index contributed by atoms with van der Waals surface area (Å²) in [6, 6.07) is 11.7. The van der Waals surface area contributed by atoms with Gasteiger partial charge in [-0.1, -0.05) is 41.9 Å². The molecule has 1 fully saturated rings. The van der Waals surface area contributed by atoms with Gasteiger partial charge in [-0.3, -0.25) is 14.5 Å². The minimum absolute atomic E-state index is 0.0845. The van der Waals surface area contributed by atoms with E-state index in [0.29, 0.717) is 12.1 Å². The molecule has 2 heterocycles. The van der Waals surface area contributed by atoms with Crippen molar-refractivity contribution >= 4 is 23.4 Å². The van der Waals surface area contributed by atoms with Crippen LogP contribution in [0.5, 0.6) is 0 Å². The van der Waals surface area contributed by atoms with E-state index >= 15 is 0 Å². The van der Waals surface area contributed by atoms with Crippen LogP contribution in [0.3, 0.4) is 0 Å². The van der Waals surface area contributed by atoms with Gasteiger partial charge in [0.2, 0.25) is 11.8 Å². The largest absolute Gasteiger partial charge is 0.351 e. The quantitative estimate of drug-likeness (QED) is 0.766. The molecule has 2 aliphatic heterocycles. The number of benzene rings is 2. The minimum atomic E-state index is -0.441. The molecule has 4 rings (SSSR count). The van der Waals surface area contributed by atoms with Gasteiger partial charge in [0.1, 0.15) is 11.9 Å². The molecule has 1 atom stereocenters. The number of fused-ring (bicyclic) bond motifs is 1. The van der Waals surface area contributed by atoms with Crippen LogP contribution in [0, 0.1) is 5.82 Å². The van der Waals surface area contributed by atoms with Crippen LogP contribution in [0.4, 0.5) is 4.39 Å². The summed E-state index contributed by atoms with van der Waals surface area (Å²) in [7, 11) is 0. The van der Waals surface area contributed by atoms with Gasteiger partial charge in [0, 0.05) is 31.2 Å². The molecule has 31 heavy (non-hydrogen) atoms. The predicted octanol–water partition coefficient (Wildman–Crippen LogP) is 3.71. The van der Waals surface area contributed by atoms with Crippen molar-refractivity contribution in [3.05, 3.63) is 70.0 Å². The lowest BCUT2D eigenvalue weighted by Crippen LogP contribution is -2.50. The standard InChI is InChI=1S/C24H27ClFN3O2/c25-21-14-19(26)9-8-18(21)15-27-22(30)16-29-13-10-17-6-2-3-7-20(17)23(29)24(31)28-11-4-1-5-12-28/h2-3,6-9,14,23H,1,4-5,10-13,15-16H2,(H,27,30)/t23-/m0/s1. The average molecular weight is 444 g/mol. The van der Waals surface area contributed by atoms with Crippen molar-refractivity contribution in [2.24, 2.45) is 0 Å². The van der Waals surface area contributed by atoms with Crippen LogP contribution >= 0.6 is 11.6 Å². The maximum absolute atomic E-state index is 13.5. The van der Waals surface area contributed by atoms with Crippen LogP contribution in [-0.4, -0.2) is 47.8 Å². The fraction of sp³-hybridized carbons (Fsp3) is 0.417. The third-order valence-electron chi connectivity index (χ3n) is 6.12. The van der Waals surface area contributed by atoms with Gasteiger partial charge in [0.15, 0.2) is 0 Å². The first-order valence-corrected chi connectivity index (χ1v) is 11.2. The van der Waals surface area contributed by atoms with Crippen LogP contribution in [0.25, 0.3) is 0 Å². The summed E-state index contributed by atoms with van der Waals surface area (Å²) in [6.45, 7) is 2.54. The molecule has 2 aliphatic rings. The minimum Gasteiger partial charge on any atom is -0.351 e. The highest BCUT2D eigenvalue weighted by atomic mass is 35.5. The molecule has 0 saturated carbocycles. The van der Waals surface area contributed by atoms with E-state index in [2.05, 4.69) is 11.4 Å². The van der Waals surface area contributed by atoms with Gasteiger partial charge in [-0.25, -0.2) is 4.39 Å². The van der Waals surface area contributed by atoms with Gasteiger partial charge in [0.05, 0.1) is 6.54 Å². The Bertz CT molecular complexity index is 962. The summed E-state index contributed by atoms with van der Waals surface area (Å²) in [4.78, 5) is 30.1. The first-order valence-electron chi connectivity index (χ1n) is 10.8. The van der Waals surface area contributed by atoms with E-state index in [1.54, 1.807) is 6.07 Å². The highest BCUT2D eigenvalue weighted by Gasteiger charge is 2.36. The molecule has 0 unspecified atom stereocenters. The third kappa shape index (κ3) is 5.08. The summed E-state index contributed by atoms with van der Waals surface area (Å²) < 4.78 is 13.2. The van der Waals surface area contributed by atoms with Crippen molar-refractivity contribution < 1.29 is 14.0 Å². The van der Waals surface area contributed by atoms with Crippen molar-refractivity contribution in [1.82, 2.24) is 15.1 Å². The average Bonchev–Trinajstić information content (AvgIpc) is 2.78. The zero-order chi connectivity index (χ0) is 21.8. The third-order valence-corrected chi connectivity index (χ3v) is 6.47. The maximum Gasteiger partial charge on any atom is 0.244 e. The molecule has 0 aliphatic carbocycles. The second-order valence-corrected chi connectivity index (χ2v) is 8.63. The van der Waals surface area contributed by atoms with Crippen molar-refractivity contribution in [2.45, 2.75) is 38.3 Å². The molecule has 7 heteroatoms. The Kier molecular flexibility index (Phi) is 6.88. The summed E-state index contributed by atoms with van der Waals surface area (Å²) in [5, 5.41) is 3.14. The highest BCUT2D eigenvalue weighted by Crippen LogP contribution is 2.32. The monoisotopic (exact) mass is 443 g/mol. The summed E-state index contributed by atoms with van der Waals surface area (Å²) >= 11 is 6.06. The predicted molar refractivity (Wildman–Crippen MR) is 118 cm³/mol. The van der Waals surface area contributed by atoms with E-state index in [4.69, 9.17) is 11.6 Å². The van der Waals surface area contributed by atoms with Crippen molar-refractivity contribution in [2.75, 3.05) is 26.2 Å². The second kappa shape index (κ2) is 9.79. The molecule has 5 nitrogen and oxygen atoms in total. The summed E-state index contributed by atoms with van der Waals surface area (Å²) in [5.41, 5.74) is 2.83. The van der Waals surface area contributed by atoms with Gasteiger partial charge >= 0.3 is 0 Å². The molecule has 1 N–H and O–H groups in total. The maximum atomic E-state index is 13.5. The number of carbonyl (C=O) groups excluding carboxylic acids is 2. The van der Waals surface area contributed by atoms with E-state index in [0.717, 1.165) is 44.3 Å². The van der Waals surface area contributed by atoms with E-state index in [1.807, 2.05) is 28.0 Å². The first-order chi connectivity index (χ1) is 15.0. The Hall–Kier alpha value is -2.44. The number of amides is 2. The molecule has 2 aromatic rings. The number of carbonyl (C=O) groups is 2. The number of piperidine rings is 1. The molecule has 0 spiro atoms. The summed E-state index contributed by atoms with van der Waals surface area (Å²) in [6.07, 6.45) is 4.01. The number of halogens is 2. The molecule has 1 saturated heterocycles. The van der Waals surface area contributed by atoms with Crippen molar-refractivity contribution in [3.63, 3.8) is 0 Å². The fourth-order valence-electron chi connectivity index (χ4n) is 4.46. The summed E-state index contributed by atoms with van der Waals surface area (Å²) in [5.74, 6) is -0.511. The fourth-order valence-corrected chi connectivity index (χ4v) is 4.70. The van der Waals surface area contributed by atoms with Crippen LogP contribution < -0.4 is 5.32 Å². The van der Waals surface area contributed by atoms with Crippen LogP contribution in [0.1, 0.15) is 42.0 Å². The van der Waals surface area contributed by atoms with Gasteiger partial charge in [-0.15, -0.1) is 0 Å². The lowest BCUT2D eigenvalue weighted by Gasteiger charge is -2.39. The van der Waals surface area contributed by atoms with Crippen LogP contribution in [-0.2, 0) is 22.6 Å². The zero-order valence-corrected chi connectivity index (χ0v) is 18.2. The molecule has 164 valence electrons. The van der Waals surface area contributed by atoms with Gasteiger partial charge in [-0.2, -0.15) is 0 Å². The zero-order valence-electron chi connectivity index (χ0n) is 17.4. The van der Waals surface area contributed by atoms with E-state index in [1.165, 1.54) is 17.7 Å². The first kappa shape index (κ1) is 21.8. The van der Waals surface area contributed by atoms with E-state index < -0.39 is 11.9 Å². The number of likely N-dealkylation sites (tertiary alicyclic amines) is 1. The van der Waals surface area contributed by atoms with Crippen molar-refractivity contribution in [3.8, 4) is 0 Å². The molecule has 0 aromatic heterocycles. The lowest BCUT2D eigenvalue weighted by molar-refractivity contribution is -0.139. The smallest absolute Gasteiger partial charge is 0.244 e. The molecular weight excluding hydrogens is 417 g/mol. The van der Waals surface area contributed by atoms with E-state index in [9.17, 15) is 14.0 Å². The number of nitrogens with one attached hydrogen (secondary N) is 1.